The maximum atomic E-state index is 13.4. The molecule has 3 nitrogen and oxygen atoms in total. The summed E-state index contributed by atoms with van der Waals surface area (Å²) in [6.45, 7) is 3.58. The van der Waals surface area contributed by atoms with Crippen LogP contribution in [0.1, 0.15) is 22.8 Å². The zero-order valence-electron chi connectivity index (χ0n) is 9.96. The zero-order chi connectivity index (χ0) is 13.3. The molecule has 0 amide bonds. The summed E-state index contributed by atoms with van der Waals surface area (Å²) in [5, 5.41) is 0.780. The van der Waals surface area contributed by atoms with Gasteiger partial charge in [-0.05, 0) is 26.0 Å². The van der Waals surface area contributed by atoms with E-state index in [4.69, 9.17) is 16.3 Å². The molecule has 0 saturated carbocycles. The summed E-state index contributed by atoms with van der Waals surface area (Å²) in [5.74, 6) is -0.881. The van der Waals surface area contributed by atoms with Crippen LogP contribution >= 0.6 is 11.6 Å². The highest BCUT2D eigenvalue weighted by Crippen LogP contribution is 2.29. The van der Waals surface area contributed by atoms with Gasteiger partial charge in [-0.1, -0.05) is 11.6 Å². The van der Waals surface area contributed by atoms with Crippen molar-refractivity contribution in [2.75, 3.05) is 6.61 Å². The van der Waals surface area contributed by atoms with Gasteiger partial charge in [0.15, 0.2) is 0 Å². The molecule has 0 bridgehead atoms. The molecule has 0 N–H and O–H groups in total. The lowest BCUT2D eigenvalue weighted by atomic mass is 10.1. The first-order chi connectivity index (χ1) is 8.56. The van der Waals surface area contributed by atoms with Gasteiger partial charge in [0.2, 0.25) is 0 Å². The predicted molar refractivity (Wildman–Crippen MR) is 67.4 cm³/mol. The van der Waals surface area contributed by atoms with Crippen LogP contribution in [0, 0.1) is 12.7 Å². The van der Waals surface area contributed by atoms with Crippen LogP contribution in [0.15, 0.2) is 18.3 Å². The third-order valence-electron chi connectivity index (χ3n) is 2.66. The molecule has 94 valence electrons. The summed E-state index contributed by atoms with van der Waals surface area (Å²) >= 11 is 6.13. The SMILES string of the molecule is CCOC(=O)c1cnc2c(C)c(F)ccc2c1Cl. The predicted octanol–water partition coefficient (Wildman–Crippen LogP) is 3.51. The maximum Gasteiger partial charge on any atom is 0.341 e. The number of ether oxygens (including phenoxy) is 1. The van der Waals surface area contributed by atoms with Crippen LogP contribution in [0.4, 0.5) is 4.39 Å². The Balaban J connectivity index is 2.65. The number of nitrogens with zero attached hydrogens (tertiary/aromatic N) is 1. The number of pyridine rings is 1. The molecule has 0 unspecified atom stereocenters. The Morgan fingerprint density at radius 1 is 1.50 bits per heavy atom. The van der Waals surface area contributed by atoms with Crippen molar-refractivity contribution in [1.82, 2.24) is 4.98 Å². The molecular weight excluding hydrogens is 257 g/mol. The fourth-order valence-corrected chi connectivity index (χ4v) is 1.98. The van der Waals surface area contributed by atoms with E-state index in [0.29, 0.717) is 16.5 Å². The molecule has 0 atom stereocenters. The van der Waals surface area contributed by atoms with Crippen LogP contribution in [-0.4, -0.2) is 17.6 Å². The number of esters is 1. The Morgan fingerprint density at radius 2 is 2.22 bits per heavy atom. The van der Waals surface area contributed by atoms with Crippen LogP contribution in [0.2, 0.25) is 5.02 Å². The molecule has 1 aromatic carbocycles. The second-order valence-corrected chi connectivity index (χ2v) is 4.15. The van der Waals surface area contributed by atoms with Gasteiger partial charge in [0.05, 0.1) is 22.7 Å². The molecule has 1 aromatic heterocycles. The third kappa shape index (κ3) is 2.04. The lowest BCUT2D eigenvalue weighted by molar-refractivity contribution is 0.0526. The monoisotopic (exact) mass is 267 g/mol. The van der Waals surface area contributed by atoms with Crippen LogP contribution in [0.3, 0.4) is 0 Å². The Kier molecular flexibility index (Phi) is 3.48. The molecule has 5 heteroatoms. The number of hydrogen-bond donors (Lipinski definition) is 0. The van der Waals surface area contributed by atoms with Crippen molar-refractivity contribution in [1.29, 1.82) is 0 Å². The molecule has 0 saturated heterocycles. The van der Waals surface area contributed by atoms with Crippen LogP contribution in [0.25, 0.3) is 10.9 Å². The van der Waals surface area contributed by atoms with Crippen molar-refractivity contribution in [2.45, 2.75) is 13.8 Å². The van der Waals surface area contributed by atoms with Gasteiger partial charge in [-0.3, -0.25) is 4.98 Å². The number of aromatic nitrogens is 1. The molecule has 0 aliphatic carbocycles. The fraction of sp³-hybridized carbons (Fsp3) is 0.231. The minimum atomic E-state index is -0.529. The Labute approximate surface area is 109 Å². The Morgan fingerprint density at radius 3 is 2.89 bits per heavy atom. The first-order valence-corrected chi connectivity index (χ1v) is 5.84. The summed E-state index contributed by atoms with van der Waals surface area (Å²) in [4.78, 5) is 15.7. The molecule has 0 fully saturated rings. The van der Waals surface area contributed by atoms with E-state index >= 15 is 0 Å². The first kappa shape index (κ1) is 12.8. The van der Waals surface area contributed by atoms with E-state index in [1.165, 1.54) is 18.3 Å². The molecule has 0 spiro atoms. The number of rotatable bonds is 2. The number of halogens is 2. The van der Waals surface area contributed by atoms with Crippen LogP contribution < -0.4 is 0 Å². The van der Waals surface area contributed by atoms with E-state index < -0.39 is 5.97 Å². The van der Waals surface area contributed by atoms with Gasteiger partial charge >= 0.3 is 5.97 Å². The van der Waals surface area contributed by atoms with Crippen LogP contribution in [0.5, 0.6) is 0 Å². The van der Waals surface area contributed by atoms with E-state index in [1.54, 1.807) is 13.8 Å². The van der Waals surface area contributed by atoms with Gasteiger partial charge in [0, 0.05) is 17.1 Å². The van der Waals surface area contributed by atoms with Gasteiger partial charge < -0.3 is 4.74 Å². The van der Waals surface area contributed by atoms with E-state index in [1.807, 2.05) is 0 Å². The normalized spacial score (nSPS) is 10.7. The number of carbonyl (C=O) groups is 1. The number of carbonyl (C=O) groups excluding carboxylic acids is 1. The molecule has 0 radical (unpaired) electrons. The summed E-state index contributed by atoms with van der Waals surface area (Å²) in [6, 6.07) is 2.82. The molecule has 0 aliphatic rings. The lowest BCUT2D eigenvalue weighted by Gasteiger charge is -2.08. The summed E-state index contributed by atoms with van der Waals surface area (Å²) in [6.07, 6.45) is 1.31. The quantitative estimate of drug-likeness (QED) is 0.782. The standard InChI is InChI=1S/C13H11ClFNO2/c1-3-18-13(17)9-6-16-12-7(2)10(15)5-4-8(12)11(9)14/h4-6H,3H2,1-2H3. The largest absolute Gasteiger partial charge is 0.462 e. The van der Waals surface area contributed by atoms with Gasteiger partial charge in [-0.15, -0.1) is 0 Å². The topological polar surface area (TPSA) is 39.2 Å². The average Bonchev–Trinajstić information content (AvgIpc) is 2.34. The third-order valence-corrected chi connectivity index (χ3v) is 3.06. The molecule has 2 aromatic rings. The van der Waals surface area contributed by atoms with Crippen molar-refractivity contribution in [3.63, 3.8) is 0 Å². The lowest BCUT2D eigenvalue weighted by Crippen LogP contribution is -2.06. The van der Waals surface area contributed by atoms with Gasteiger partial charge in [0.25, 0.3) is 0 Å². The molecular formula is C13H11ClFNO2. The van der Waals surface area contributed by atoms with Gasteiger partial charge in [-0.25, -0.2) is 9.18 Å². The highest BCUT2D eigenvalue weighted by molar-refractivity contribution is 6.38. The van der Waals surface area contributed by atoms with Crippen LogP contribution in [-0.2, 0) is 4.74 Å². The van der Waals surface area contributed by atoms with Crippen molar-refractivity contribution in [3.05, 3.63) is 40.3 Å². The molecule has 1 heterocycles. The van der Waals surface area contributed by atoms with E-state index in [0.717, 1.165) is 0 Å². The zero-order valence-corrected chi connectivity index (χ0v) is 10.7. The van der Waals surface area contributed by atoms with Crippen molar-refractivity contribution in [3.8, 4) is 0 Å². The molecule has 2 rings (SSSR count). The van der Waals surface area contributed by atoms with Crippen molar-refractivity contribution < 1.29 is 13.9 Å². The number of hydrogen-bond acceptors (Lipinski definition) is 3. The first-order valence-electron chi connectivity index (χ1n) is 5.46. The van der Waals surface area contributed by atoms with Gasteiger partial charge in [-0.2, -0.15) is 0 Å². The minimum Gasteiger partial charge on any atom is -0.462 e. The fourth-order valence-electron chi connectivity index (χ4n) is 1.70. The van der Waals surface area contributed by atoms with E-state index in [-0.39, 0.29) is 23.0 Å². The Hall–Kier alpha value is -1.68. The van der Waals surface area contributed by atoms with E-state index in [2.05, 4.69) is 4.98 Å². The second kappa shape index (κ2) is 4.90. The molecule has 18 heavy (non-hydrogen) atoms. The highest BCUT2D eigenvalue weighted by atomic mass is 35.5. The Bertz CT molecular complexity index is 628. The summed E-state index contributed by atoms with van der Waals surface area (Å²) in [5.41, 5.74) is 1.05. The smallest absolute Gasteiger partial charge is 0.341 e. The summed E-state index contributed by atoms with van der Waals surface area (Å²) < 4.78 is 18.3. The van der Waals surface area contributed by atoms with Crippen molar-refractivity contribution >= 4 is 28.5 Å². The molecule has 0 aliphatic heterocycles. The minimum absolute atomic E-state index is 0.192. The number of aryl methyl sites for hydroxylation is 1. The average molecular weight is 268 g/mol. The highest BCUT2D eigenvalue weighted by Gasteiger charge is 2.16. The number of benzene rings is 1. The van der Waals surface area contributed by atoms with Crippen molar-refractivity contribution in [2.24, 2.45) is 0 Å². The second-order valence-electron chi connectivity index (χ2n) is 3.77. The van der Waals surface area contributed by atoms with E-state index in [9.17, 15) is 9.18 Å². The van der Waals surface area contributed by atoms with Gasteiger partial charge in [0.1, 0.15) is 5.82 Å². The number of fused-ring (bicyclic) bond motifs is 1. The summed E-state index contributed by atoms with van der Waals surface area (Å²) in [7, 11) is 0. The maximum absolute atomic E-state index is 13.4.